The highest BCUT2D eigenvalue weighted by Crippen LogP contribution is 2.31. The van der Waals surface area contributed by atoms with Crippen molar-refractivity contribution in [3.63, 3.8) is 0 Å². The van der Waals surface area contributed by atoms with Gasteiger partial charge in [0, 0.05) is 49.2 Å². The van der Waals surface area contributed by atoms with Crippen molar-refractivity contribution in [2.45, 2.75) is 51.5 Å². The second-order valence-corrected chi connectivity index (χ2v) is 9.65. The molecule has 1 aliphatic carbocycles. The molecule has 0 spiro atoms. The molecule has 1 N–H and O–H groups in total. The summed E-state index contributed by atoms with van der Waals surface area (Å²) in [5.74, 6) is 0.604. The summed E-state index contributed by atoms with van der Waals surface area (Å²) in [6.45, 7) is 7.59. The first-order chi connectivity index (χ1) is 16.7. The minimum absolute atomic E-state index is 0.0944. The first-order valence-electron chi connectivity index (χ1n) is 12.7. The number of hydrogen-bond acceptors (Lipinski definition) is 6. The highest BCUT2D eigenvalue weighted by Gasteiger charge is 2.23. The molecule has 2 aliphatic rings. The normalized spacial score (nSPS) is 17.4. The average Bonchev–Trinajstić information content (AvgIpc) is 3.39. The zero-order valence-corrected chi connectivity index (χ0v) is 20.1. The van der Waals surface area contributed by atoms with Crippen LogP contribution in [0.3, 0.4) is 0 Å². The van der Waals surface area contributed by atoms with Gasteiger partial charge in [0.25, 0.3) is 5.56 Å². The van der Waals surface area contributed by atoms with E-state index in [0.29, 0.717) is 12.4 Å². The third kappa shape index (κ3) is 5.31. The molecule has 0 unspecified atom stereocenters. The predicted octanol–water partition coefficient (Wildman–Crippen LogP) is 3.94. The molecule has 3 aromatic rings. The van der Waals surface area contributed by atoms with E-state index >= 15 is 0 Å². The number of ether oxygens (including phenoxy) is 1. The Morgan fingerprint density at radius 2 is 1.88 bits per heavy atom. The number of fused-ring (bicyclic) bond motifs is 1. The minimum atomic E-state index is 0.0944. The summed E-state index contributed by atoms with van der Waals surface area (Å²) in [5.41, 5.74) is 4.05. The molecule has 0 bridgehead atoms. The van der Waals surface area contributed by atoms with Crippen LogP contribution in [0.1, 0.15) is 54.8 Å². The van der Waals surface area contributed by atoms with E-state index < -0.39 is 0 Å². The van der Waals surface area contributed by atoms with Gasteiger partial charge in [0.15, 0.2) is 0 Å². The third-order valence-electron chi connectivity index (χ3n) is 7.09. The SMILES string of the molecule is Cc1ccc(Cc2cc3cnc(NCCCN4CCOCC4)nc3n(C3CCCC3)c2=O)cc1. The van der Waals surface area contributed by atoms with Crippen molar-refractivity contribution in [1.29, 1.82) is 0 Å². The van der Waals surface area contributed by atoms with Crippen molar-refractivity contribution >= 4 is 17.0 Å². The van der Waals surface area contributed by atoms with Crippen LogP contribution in [0.15, 0.2) is 41.3 Å². The van der Waals surface area contributed by atoms with Gasteiger partial charge >= 0.3 is 0 Å². The van der Waals surface area contributed by atoms with Crippen molar-refractivity contribution < 1.29 is 4.74 Å². The molecule has 0 amide bonds. The molecule has 0 radical (unpaired) electrons. The van der Waals surface area contributed by atoms with Crippen LogP contribution in [-0.4, -0.2) is 58.8 Å². The summed E-state index contributed by atoms with van der Waals surface area (Å²) in [6.07, 6.45) is 7.92. The van der Waals surface area contributed by atoms with Gasteiger partial charge in [-0.15, -0.1) is 0 Å². The quantitative estimate of drug-likeness (QED) is 0.513. The summed E-state index contributed by atoms with van der Waals surface area (Å²) in [7, 11) is 0. The number of rotatable bonds is 8. The van der Waals surface area contributed by atoms with Crippen LogP contribution in [0.4, 0.5) is 5.95 Å². The molecule has 7 nitrogen and oxygen atoms in total. The van der Waals surface area contributed by atoms with Gasteiger partial charge in [-0.3, -0.25) is 14.3 Å². The Kier molecular flexibility index (Phi) is 7.21. The summed E-state index contributed by atoms with van der Waals surface area (Å²) in [5, 5.41) is 4.32. The van der Waals surface area contributed by atoms with Crippen LogP contribution in [-0.2, 0) is 11.2 Å². The van der Waals surface area contributed by atoms with Crippen molar-refractivity contribution in [2.75, 3.05) is 44.7 Å². The largest absolute Gasteiger partial charge is 0.379 e. The number of anilines is 1. The second kappa shape index (κ2) is 10.7. The van der Waals surface area contributed by atoms with Crippen molar-refractivity contribution in [1.82, 2.24) is 19.4 Å². The molecule has 7 heteroatoms. The van der Waals surface area contributed by atoms with Crippen LogP contribution in [0, 0.1) is 6.92 Å². The molecule has 34 heavy (non-hydrogen) atoms. The van der Waals surface area contributed by atoms with E-state index in [1.165, 1.54) is 18.4 Å². The van der Waals surface area contributed by atoms with Gasteiger partial charge in [-0.2, -0.15) is 4.98 Å². The van der Waals surface area contributed by atoms with Crippen LogP contribution in [0.2, 0.25) is 0 Å². The summed E-state index contributed by atoms with van der Waals surface area (Å²) in [6, 6.07) is 10.6. The smallest absolute Gasteiger partial charge is 0.256 e. The number of nitrogens with zero attached hydrogens (tertiary/aromatic N) is 4. The van der Waals surface area contributed by atoms with Crippen LogP contribution >= 0.6 is 0 Å². The fraction of sp³-hybridized carbons (Fsp3) is 0.519. The Balaban J connectivity index is 1.38. The zero-order valence-electron chi connectivity index (χ0n) is 20.1. The van der Waals surface area contributed by atoms with E-state index in [1.54, 1.807) is 0 Å². The summed E-state index contributed by atoms with van der Waals surface area (Å²) >= 11 is 0. The molecular weight excluding hydrogens is 426 g/mol. The van der Waals surface area contributed by atoms with Crippen LogP contribution in [0.5, 0.6) is 0 Å². The second-order valence-electron chi connectivity index (χ2n) is 9.65. The molecule has 1 saturated carbocycles. The van der Waals surface area contributed by atoms with E-state index in [1.807, 2.05) is 16.8 Å². The summed E-state index contributed by atoms with van der Waals surface area (Å²) < 4.78 is 7.38. The third-order valence-corrected chi connectivity index (χ3v) is 7.09. The lowest BCUT2D eigenvalue weighted by atomic mass is 10.0. The fourth-order valence-corrected chi connectivity index (χ4v) is 5.14. The van der Waals surface area contributed by atoms with Crippen molar-refractivity contribution in [3.8, 4) is 0 Å². The molecule has 0 atom stereocenters. The molecule has 2 aromatic heterocycles. The first-order valence-corrected chi connectivity index (χ1v) is 12.7. The van der Waals surface area contributed by atoms with Gasteiger partial charge < -0.3 is 10.1 Å². The number of aryl methyl sites for hydroxylation is 1. The van der Waals surface area contributed by atoms with E-state index in [9.17, 15) is 4.79 Å². The number of hydrogen-bond donors (Lipinski definition) is 1. The molecule has 3 heterocycles. The Morgan fingerprint density at radius 1 is 1.12 bits per heavy atom. The lowest BCUT2D eigenvalue weighted by Gasteiger charge is -2.26. The Hall–Kier alpha value is -2.77. The molecule has 5 rings (SSSR count). The van der Waals surface area contributed by atoms with E-state index in [-0.39, 0.29) is 11.6 Å². The van der Waals surface area contributed by atoms with Gasteiger partial charge in [0.05, 0.1) is 13.2 Å². The van der Waals surface area contributed by atoms with Crippen LogP contribution < -0.4 is 10.9 Å². The minimum Gasteiger partial charge on any atom is -0.379 e. The van der Waals surface area contributed by atoms with Gasteiger partial charge in [0.1, 0.15) is 5.65 Å². The molecule has 180 valence electrons. The van der Waals surface area contributed by atoms with Crippen molar-refractivity contribution in [2.24, 2.45) is 0 Å². The number of pyridine rings is 1. The Labute approximate surface area is 201 Å². The monoisotopic (exact) mass is 461 g/mol. The van der Waals surface area contributed by atoms with E-state index in [0.717, 1.165) is 80.8 Å². The zero-order chi connectivity index (χ0) is 23.3. The number of nitrogens with one attached hydrogen (secondary N) is 1. The first kappa shape index (κ1) is 23.0. The molecule has 2 fully saturated rings. The maximum Gasteiger partial charge on any atom is 0.256 e. The Morgan fingerprint density at radius 3 is 2.65 bits per heavy atom. The lowest BCUT2D eigenvalue weighted by molar-refractivity contribution is 0.0378. The molecule has 1 aromatic carbocycles. The van der Waals surface area contributed by atoms with E-state index in [4.69, 9.17) is 9.72 Å². The van der Waals surface area contributed by atoms with E-state index in [2.05, 4.69) is 46.4 Å². The maximum absolute atomic E-state index is 13.7. The Bertz CT molecular complexity index is 1160. The fourth-order valence-electron chi connectivity index (χ4n) is 5.14. The lowest BCUT2D eigenvalue weighted by Crippen LogP contribution is -2.37. The van der Waals surface area contributed by atoms with Gasteiger partial charge in [-0.1, -0.05) is 42.7 Å². The maximum atomic E-state index is 13.7. The summed E-state index contributed by atoms with van der Waals surface area (Å²) in [4.78, 5) is 25.5. The molecular formula is C27H35N5O2. The van der Waals surface area contributed by atoms with Gasteiger partial charge in [0.2, 0.25) is 5.95 Å². The van der Waals surface area contributed by atoms with Crippen LogP contribution in [0.25, 0.3) is 11.0 Å². The number of aromatic nitrogens is 3. The van der Waals surface area contributed by atoms with Gasteiger partial charge in [-0.05, 0) is 44.4 Å². The number of morpholine rings is 1. The van der Waals surface area contributed by atoms with Gasteiger partial charge in [-0.25, -0.2) is 4.98 Å². The highest BCUT2D eigenvalue weighted by atomic mass is 16.5. The predicted molar refractivity (Wildman–Crippen MR) is 136 cm³/mol. The topological polar surface area (TPSA) is 72.3 Å². The number of benzene rings is 1. The standard InChI is InChI=1S/C27H35N5O2/c1-20-7-9-21(10-8-20)17-22-18-23-19-29-27(28-11-4-12-31-13-15-34-16-14-31)30-25(23)32(26(22)33)24-5-2-3-6-24/h7-10,18-19,24H,2-6,11-17H2,1H3,(H,28,29,30). The highest BCUT2D eigenvalue weighted by molar-refractivity contribution is 5.76. The molecule has 1 aliphatic heterocycles. The average molecular weight is 462 g/mol. The van der Waals surface area contributed by atoms with Crippen molar-refractivity contribution in [3.05, 3.63) is 63.6 Å². The molecule has 1 saturated heterocycles.